The molecule has 8 heteroatoms. The van der Waals surface area contributed by atoms with Crippen molar-refractivity contribution in [2.75, 3.05) is 32.7 Å². The number of aromatic nitrogens is 2. The molecule has 7 nitrogen and oxygen atoms in total. The second-order valence-electron chi connectivity index (χ2n) is 8.14. The van der Waals surface area contributed by atoms with E-state index in [1.54, 1.807) is 22.2 Å². The SMILES string of the molecule is CCc1cc2c(=O)n(CN3CCN(CC(=O)NC(C)(C)C)CC3)cnc2s1. The van der Waals surface area contributed by atoms with Gasteiger partial charge in [0, 0.05) is 36.6 Å². The largest absolute Gasteiger partial charge is 0.350 e. The van der Waals surface area contributed by atoms with E-state index in [1.807, 2.05) is 26.8 Å². The zero-order valence-corrected chi connectivity index (χ0v) is 17.4. The summed E-state index contributed by atoms with van der Waals surface area (Å²) in [4.78, 5) is 35.7. The molecule has 0 aliphatic carbocycles. The predicted octanol–water partition coefficient (Wildman–Crippen LogP) is 1.51. The van der Waals surface area contributed by atoms with Gasteiger partial charge in [-0.3, -0.25) is 24.0 Å². The number of hydrogen-bond acceptors (Lipinski definition) is 6. The third-order valence-corrected chi connectivity index (χ3v) is 5.80. The van der Waals surface area contributed by atoms with Crippen LogP contribution in [0.15, 0.2) is 17.2 Å². The van der Waals surface area contributed by atoms with Crippen LogP contribution in [0.3, 0.4) is 0 Å². The Kier molecular flexibility index (Phi) is 5.98. The summed E-state index contributed by atoms with van der Waals surface area (Å²) >= 11 is 1.59. The standard InChI is InChI=1S/C19H29N5O2S/c1-5-14-10-15-17(27-14)20-12-24(18(15)26)13-23-8-6-22(7-9-23)11-16(25)21-19(2,3)4/h10,12H,5-9,11,13H2,1-4H3,(H,21,25). The highest BCUT2D eigenvalue weighted by molar-refractivity contribution is 7.18. The first kappa shape index (κ1) is 20.0. The summed E-state index contributed by atoms with van der Waals surface area (Å²) in [6.07, 6.45) is 2.58. The molecule has 2 aromatic rings. The van der Waals surface area contributed by atoms with E-state index in [4.69, 9.17) is 0 Å². The van der Waals surface area contributed by atoms with Gasteiger partial charge in [0.25, 0.3) is 5.56 Å². The Balaban J connectivity index is 1.56. The lowest BCUT2D eigenvalue weighted by Gasteiger charge is -2.34. The smallest absolute Gasteiger partial charge is 0.263 e. The number of carbonyl (C=O) groups is 1. The molecule has 1 aliphatic rings. The van der Waals surface area contributed by atoms with E-state index in [0.717, 1.165) is 42.8 Å². The minimum Gasteiger partial charge on any atom is -0.350 e. The highest BCUT2D eigenvalue weighted by Gasteiger charge is 2.21. The van der Waals surface area contributed by atoms with Crippen molar-refractivity contribution in [3.05, 3.63) is 27.6 Å². The van der Waals surface area contributed by atoms with Crippen molar-refractivity contribution in [2.24, 2.45) is 0 Å². The number of nitrogens with zero attached hydrogens (tertiary/aromatic N) is 4. The van der Waals surface area contributed by atoms with Crippen LogP contribution in [0.2, 0.25) is 0 Å². The van der Waals surface area contributed by atoms with E-state index >= 15 is 0 Å². The third kappa shape index (κ3) is 5.15. The van der Waals surface area contributed by atoms with Crippen LogP contribution in [0, 0.1) is 0 Å². The van der Waals surface area contributed by atoms with E-state index in [9.17, 15) is 9.59 Å². The van der Waals surface area contributed by atoms with Gasteiger partial charge in [0.05, 0.1) is 18.6 Å². The van der Waals surface area contributed by atoms with Crippen molar-refractivity contribution in [3.8, 4) is 0 Å². The molecule has 27 heavy (non-hydrogen) atoms. The molecule has 0 spiro atoms. The summed E-state index contributed by atoms with van der Waals surface area (Å²) in [5, 5.41) is 3.72. The van der Waals surface area contributed by atoms with Gasteiger partial charge in [-0.25, -0.2) is 4.98 Å². The summed E-state index contributed by atoms with van der Waals surface area (Å²) in [5.74, 6) is 0.0611. The minimum absolute atomic E-state index is 0.0305. The normalized spacial score (nSPS) is 16.7. The summed E-state index contributed by atoms with van der Waals surface area (Å²) in [6, 6.07) is 1.97. The molecule has 0 bridgehead atoms. The van der Waals surface area contributed by atoms with E-state index in [1.165, 1.54) is 4.88 Å². The summed E-state index contributed by atoms with van der Waals surface area (Å²) in [6.45, 7) is 12.3. The molecule has 0 aromatic carbocycles. The first-order chi connectivity index (χ1) is 12.7. The average Bonchev–Trinajstić information content (AvgIpc) is 3.01. The number of hydrogen-bond donors (Lipinski definition) is 1. The molecule has 1 fully saturated rings. The van der Waals surface area contributed by atoms with Gasteiger partial charge in [0.15, 0.2) is 0 Å². The fourth-order valence-corrected chi connectivity index (χ4v) is 4.18. The number of carbonyl (C=O) groups excluding carboxylic acids is 1. The Labute approximate surface area is 164 Å². The van der Waals surface area contributed by atoms with Crippen molar-refractivity contribution in [2.45, 2.75) is 46.3 Å². The maximum absolute atomic E-state index is 12.7. The second kappa shape index (κ2) is 8.08. The van der Waals surface area contributed by atoms with Gasteiger partial charge in [-0.05, 0) is 33.3 Å². The molecule has 1 amide bonds. The lowest BCUT2D eigenvalue weighted by atomic mass is 10.1. The molecule has 0 atom stereocenters. The lowest BCUT2D eigenvalue weighted by molar-refractivity contribution is -0.124. The topological polar surface area (TPSA) is 70.5 Å². The van der Waals surface area contributed by atoms with E-state index in [2.05, 4.69) is 27.0 Å². The molecule has 0 radical (unpaired) electrons. The Bertz CT molecular complexity index is 859. The number of aryl methyl sites for hydroxylation is 1. The minimum atomic E-state index is -0.203. The average molecular weight is 392 g/mol. The summed E-state index contributed by atoms with van der Waals surface area (Å²) < 4.78 is 1.69. The Morgan fingerprint density at radius 1 is 1.22 bits per heavy atom. The first-order valence-corrected chi connectivity index (χ1v) is 10.3. The van der Waals surface area contributed by atoms with Crippen molar-refractivity contribution in [1.29, 1.82) is 0 Å². The molecule has 0 saturated carbocycles. The molecule has 148 valence electrons. The van der Waals surface area contributed by atoms with Crippen molar-refractivity contribution in [1.82, 2.24) is 24.7 Å². The summed E-state index contributed by atoms with van der Waals surface area (Å²) in [7, 11) is 0. The molecule has 3 rings (SSSR count). The maximum Gasteiger partial charge on any atom is 0.263 e. The van der Waals surface area contributed by atoms with Crippen LogP contribution >= 0.6 is 11.3 Å². The van der Waals surface area contributed by atoms with Gasteiger partial charge in [0.2, 0.25) is 5.91 Å². The van der Waals surface area contributed by atoms with Gasteiger partial charge in [-0.15, -0.1) is 11.3 Å². The first-order valence-electron chi connectivity index (χ1n) is 9.49. The van der Waals surface area contributed by atoms with Crippen molar-refractivity contribution in [3.63, 3.8) is 0 Å². The fraction of sp³-hybridized carbons (Fsp3) is 0.632. The van der Waals surface area contributed by atoms with E-state index in [0.29, 0.717) is 13.2 Å². The van der Waals surface area contributed by atoms with Crippen LogP contribution in [0.4, 0.5) is 0 Å². The third-order valence-electron chi connectivity index (χ3n) is 4.62. The number of fused-ring (bicyclic) bond motifs is 1. The quantitative estimate of drug-likeness (QED) is 0.837. The zero-order chi connectivity index (χ0) is 19.6. The molecule has 0 unspecified atom stereocenters. The fourth-order valence-electron chi connectivity index (χ4n) is 3.25. The molecule has 1 aliphatic heterocycles. The zero-order valence-electron chi connectivity index (χ0n) is 16.6. The predicted molar refractivity (Wildman–Crippen MR) is 109 cm³/mol. The number of rotatable bonds is 5. The van der Waals surface area contributed by atoms with Gasteiger partial charge < -0.3 is 5.32 Å². The highest BCUT2D eigenvalue weighted by Crippen LogP contribution is 2.21. The van der Waals surface area contributed by atoms with Crippen LogP contribution in [0.5, 0.6) is 0 Å². The van der Waals surface area contributed by atoms with Gasteiger partial charge in [0.1, 0.15) is 11.2 Å². The molecule has 1 N–H and O–H groups in total. The van der Waals surface area contributed by atoms with Gasteiger partial charge in [-0.2, -0.15) is 0 Å². The van der Waals surface area contributed by atoms with Crippen LogP contribution in [-0.2, 0) is 17.9 Å². The second-order valence-corrected chi connectivity index (χ2v) is 9.25. The van der Waals surface area contributed by atoms with E-state index in [-0.39, 0.29) is 17.0 Å². The molecular weight excluding hydrogens is 362 g/mol. The molecule has 3 heterocycles. The number of thiophene rings is 1. The van der Waals surface area contributed by atoms with Crippen LogP contribution in [0.25, 0.3) is 10.2 Å². The highest BCUT2D eigenvalue weighted by atomic mass is 32.1. The van der Waals surface area contributed by atoms with Crippen molar-refractivity contribution >= 4 is 27.5 Å². The Hall–Kier alpha value is -1.77. The maximum atomic E-state index is 12.7. The van der Waals surface area contributed by atoms with Crippen LogP contribution < -0.4 is 10.9 Å². The number of piperazine rings is 1. The molecular formula is C19H29N5O2S. The number of nitrogens with one attached hydrogen (secondary N) is 1. The van der Waals surface area contributed by atoms with Gasteiger partial charge >= 0.3 is 0 Å². The van der Waals surface area contributed by atoms with Crippen LogP contribution in [-0.4, -0.2) is 63.5 Å². The number of amides is 1. The van der Waals surface area contributed by atoms with Crippen LogP contribution in [0.1, 0.15) is 32.6 Å². The Morgan fingerprint density at radius 3 is 2.52 bits per heavy atom. The van der Waals surface area contributed by atoms with Crippen molar-refractivity contribution < 1.29 is 4.79 Å². The lowest BCUT2D eigenvalue weighted by Crippen LogP contribution is -2.52. The Morgan fingerprint density at radius 2 is 1.89 bits per heavy atom. The monoisotopic (exact) mass is 391 g/mol. The summed E-state index contributed by atoms with van der Waals surface area (Å²) in [5.41, 5.74) is -0.173. The molecule has 2 aromatic heterocycles. The molecule has 1 saturated heterocycles. The van der Waals surface area contributed by atoms with Gasteiger partial charge in [-0.1, -0.05) is 6.92 Å². The van der Waals surface area contributed by atoms with E-state index < -0.39 is 0 Å².